The van der Waals surface area contributed by atoms with Crippen molar-refractivity contribution in [3.05, 3.63) is 12.0 Å². The first kappa shape index (κ1) is 7.30. The zero-order chi connectivity index (χ0) is 6.78. The third-order valence-electron chi connectivity index (χ3n) is 0.883. The van der Waals surface area contributed by atoms with E-state index in [0.29, 0.717) is 0 Å². The van der Waals surface area contributed by atoms with Crippen molar-refractivity contribution in [3.63, 3.8) is 0 Å². The SMILES string of the molecule is CC(C)(N)/C(N)=C\O. The summed E-state index contributed by atoms with van der Waals surface area (Å²) in [6.07, 6.45) is 0.819. The fourth-order valence-corrected chi connectivity index (χ4v) is 0.166. The van der Waals surface area contributed by atoms with Gasteiger partial charge in [0.2, 0.25) is 0 Å². The highest BCUT2D eigenvalue weighted by atomic mass is 16.2. The van der Waals surface area contributed by atoms with Gasteiger partial charge in [0.1, 0.15) is 0 Å². The second-order valence-electron chi connectivity index (χ2n) is 2.31. The molecule has 0 saturated carbocycles. The van der Waals surface area contributed by atoms with E-state index in [1.54, 1.807) is 13.8 Å². The van der Waals surface area contributed by atoms with Gasteiger partial charge in [-0.05, 0) is 13.8 Å². The van der Waals surface area contributed by atoms with Crippen LogP contribution in [0.2, 0.25) is 0 Å². The van der Waals surface area contributed by atoms with Gasteiger partial charge in [0.05, 0.1) is 17.5 Å². The molecule has 0 unspecified atom stereocenters. The van der Waals surface area contributed by atoms with Crippen LogP contribution < -0.4 is 11.5 Å². The van der Waals surface area contributed by atoms with Gasteiger partial charge in [-0.15, -0.1) is 0 Å². The van der Waals surface area contributed by atoms with Crippen LogP contribution >= 0.6 is 0 Å². The highest BCUT2D eigenvalue weighted by molar-refractivity contribution is 5.08. The van der Waals surface area contributed by atoms with E-state index < -0.39 is 5.54 Å². The molecule has 0 aliphatic heterocycles. The Kier molecular flexibility index (Phi) is 1.87. The molecule has 48 valence electrons. The van der Waals surface area contributed by atoms with Crippen LogP contribution in [0.5, 0.6) is 0 Å². The molecule has 3 heteroatoms. The molecule has 0 aliphatic carbocycles. The lowest BCUT2D eigenvalue weighted by Gasteiger charge is -2.16. The van der Waals surface area contributed by atoms with Crippen molar-refractivity contribution in [2.75, 3.05) is 0 Å². The Bertz CT molecular complexity index is 101. The lowest BCUT2D eigenvalue weighted by atomic mass is 10.0. The van der Waals surface area contributed by atoms with Crippen molar-refractivity contribution < 1.29 is 5.11 Å². The Morgan fingerprint density at radius 1 is 1.62 bits per heavy atom. The van der Waals surface area contributed by atoms with Gasteiger partial charge in [0.25, 0.3) is 0 Å². The van der Waals surface area contributed by atoms with Crippen LogP contribution in [0.25, 0.3) is 0 Å². The minimum absolute atomic E-state index is 0.289. The Morgan fingerprint density at radius 3 is 2.00 bits per heavy atom. The van der Waals surface area contributed by atoms with Gasteiger partial charge in [0, 0.05) is 0 Å². The topological polar surface area (TPSA) is 72.3 Å². The van der Waals surface area contributed by atoms with Crippen LogP contribution in [0.15, 0.2) is 12.0 Å². The summed E-state index contributed by atoms with van der Waals surface area (Å²) in [5.74, 6) is 0. The maximum absolute atomic E-state index is 8.30. The Balaban J connectivity index is 4.03. The van der Waals surface area contributed by atoms with Gasteiger partial charge >= 0.3 is 0 Å². The minimum atomic E-state index is -0.602. The lowest BCUT2D eigenvalue weighted by molar-refractivity contribution is 0.447. The summed E-state index contributed by atoms with van der Waals surface area (Å²) in [5, 5.41) is 8.30. The second kappa shape index (κ2) is 2.05. The molecule has 0 saturated heterocycles. The van der Waals surface area contributed by atoms with Crippen molar-refractivity contribution >= 4 is 0 Å². The molecule has 0 amide bonds. The Hall–Kier alpha value is -0.700. The normalized spacial score (nSPS) is 14.1. The second-order valence-corrected chi connectivity index (χ2v) is 2.31. The van der Waals surface area contributed by atoms with Crippen molar-refractivity contribution in [1.82, 2.24) is 0 Å². The molecule has 0 heterocycles. The van der Waals surface area contributed by atoms with E-state index in [1.807, 2.05) is 0 Å². The average Bonchev–Trinajstić information content (AvgIpc) is 1.62. The third-order valence-corrected chi connectivity index (χ3v) is 0.883. The highest BCUT2D eigenvalue weighted by Gasteiger charge is 2.13. The van der Waals surface area contributed by atoms with Crippen molar-refractivity contribution in [3.8, 4) is 0 Å². The summed E-state index contributed by atoms with van der Waals surface area (Å²) in [7, 11) is 0. The van der Waals surface area contributed by atoms with Crippen LogP contribution in [0.3, 0.4) is 0 Å². The molecule has 0 aromatic rings. The van der Waals surface area contributed by atoms with Gasteiger partial charge in [0.15, 0.2) is 0 Å². The highest BCUT2D eigenvalue weighted by Crippen LogP contribution is 2.03. The average molecular weight is 116 g/mol. The molecule has 0 aromatic carbocycles. The molecule has 8 heavy (non-hydrogen) atoms. The van der Waals surface area contributed by atoms with Gasteiger partial charge in [-0.3, -0.25) is 0 Å². The summed E-state index contributed by atoms with van der Waals surface area (Å²) in [4.78, 5) is 0. The predicted molar refractivity (Wildman–Crippen MR) is 33.2 cm³/mol. The van der Waals surface area contributed by atoms with E-state index >= 15 is 0 Å². The predicted octanol–water partition coefficient (Wildman–Crippen LogP) is 0.0818. The van der Waals surface area contributed by atoms with E-state index in [9.17, 15) is 0 Å². The van der Waals surface area contributed by atoms with E-state index in [4.69, 9.17) is 16.6 Å². The van der Waals surface area contributed by atoms with E-state index in [-0.39, 0.29) is 5.70 Å². The number of hydrogen-bond acceptors (Lipinski definition) is 3. The molecule has 0 atom stereocenters. The zero-order valence-corrected chi connectivity index (χ0v) is 5.18. The lowest BCUT2D eigenvalue weighted by Crippen LogP contribution is -2.38. The minimum Gasteiger partial charge on any atom is -0.514 e. The van der Waals surface area contributed by atoms with Crippen molar-refractivity contribution in [2.24, 2.45) is 11.5 Å². The molecule has 0 rings (SSSR count). The maximum Gasteiger partial charge on any atom is 0.0997 e. The van der Waals surface area contributed by atoms with Crippen LogP contribution in [0.4, 0.5) is 0 Å². The molecule has 0 fully saturated rings. The van der Waals surface area contributed by atoms with Crippen molar-refractivity contribution in [1.29, 1.82) is 0 Å². The summed E-state index contributed by atoms with van der Waals surface area (Å²) < 4.78 is 0. The molecular weight excluding hydrogens is 104 g/mol. The quantitative estimate of drug-likeness (QED) is 0.425. The molecule has 0 spiro atoms. The molecular formula is C5H12N2O. The summed E-state index contributed by atoms with van der Waals surface area (Å²) in [6.45, 7) is 3.43. The third kappa shape index (κ3) is 1.84. The zero-order valence-electron chi connectivity index (χ0n) is 5.18. The van der Waals surface area contributed by atoms with Gasteiger partial charge < -0.3 is 16.6 Å². The first-order valence-electron chi connectivity index (χ1n) is 2.37. The number of aliphatic hydroxyl groups is 1. The van der Waals surface area contributed by atoms with E-state index in [2.05, 4.69) is 0 Å². The van der Waals surface area contributed by atoms with Gasteiger partial charge in [-0.2, -0.15) is 0 Å². The number of nitrogens with two attached hydrogens (primary N) is 2. The number of rotatable bonds is 1. The van der Waals surface area contributed by atoms with Crippen LogP contribution in [0.1, 0.15) is 13.8 Å². The number of aliphatic hydroxyl groups excluding tert-OH is 1. The summed E-state index contributed by atoms with van der Waals surface area (Å²) in [5.41, 5.74) is 10.4. The van der Waals surface area contributed by atoms with Crippen molar-refractivity contribution in [2.45, 2.75) is 19.4 Å². The first-order chi connectivity index (χ1) is 3.48. The van der Waals surface area contributed by atoms with Crippen LogP contribution in [0, 0.1) is 0 Å². The Labute approximate surface area is 49.0 Å². The van der Waals surface area contributed by atoms with E-state index in [1.165, 1.54) is 0 Å². The Morgan fingerprint density at radius 2 is 2.00 bits per heavy atom. The molecule has 0 aromatic heterocycles. The largest absolute Gasteiger partial charge is 0.514 e. The summed E-state index contributed by atoms with van der Waals surface area (Å²) >= 11 is 0. The standard InChI is InChI=1S/C5H12N2O/c1-5(2,7)4(6)3-8/h3,8H,6-7H2,1-2H3/b4-3+. The van der Waals surface area contributed by atoms with E-state index in [0.717, 1.165) is 6.26 Å². The van der Waals surface area contributed by atoms with Crippen LogP contribution in [-0.4, -0.2) is 10.6 Å². The summed E-state index contributed by atoms with van der Waals surface area (Å²) in [6, 6.07) is 0. The fourth-order valence-electron chi connectivity index (χ4n) is 0.166. The molecule has 5 N–H and O–H groups in total. The molecule has 0 radical (unpaired) electrons. The smallest absolute Gasteiger partial charge is 0.0997 e. The van der Waals surface area contributed by atoms with Crippen LogP contribution in [-0.2, 0) is 0 Å². The molecule has 0 bridgehead atoms. The maximum atomic E-state index is 8.30. The monoisotopic (exact) mass is 116 g/mol. The molecule has 3 nitrogen and oxygen atoms in total. The van der Waals surface area contributed by atoms with Gasteiger partial charge in [-0.25, -0.2) is 0 Å². The van der Waals surface area contributed by atoms with Gasteiger partial charge in [-0.1, -0.05) is 0 Å². The first-order valence-corrected chi connectivity index (χ1v) is 2.37. The fraction of sp³-hybridized carbons (Fsp3) is 0.600. The number of hydrogen-bond donors (Lipinski definition) is 3. The molecule has 0 aliphatic rings.